The zero-order valence-electron chi connectivity index (χ0n) is 14.1. The number of carbonyl (C=O) groups is 3. The molecule has 0 saturated carbocycles. The number of carbonyl (C=O) groups excluding carboxylic acids is 3. The van der Waals surface area contributed by atoms with Crippen LogP contribution in [0.1, 0.15) is 15.9 Å². The van der Waals surface area contributed by atoms with E-state index in [0.29, 0.717) is 15.2 Å². The summed E-state index contributed by atoms with van der Waals surface area (Å²) in [6.07, 6.45) is 0. The highest BCUT2D eigenvalue weighted by Crippen LogP contribution is 2.23. The number of esters is 1. The van der Waals surface area contributed by atoms with Crippen molar-refractivity contribution in [2.75, 3.05) is 18.5 Å². The van der Waals surface area contributed by atoms with Crippen LogP contribution in [0.4, 0.5) is 5.69 Å². The smallest absolute Gasteiger partial charge is 0.325 e. The van der Waals surface area contributed by atoms with E-state index in [1.54, 1.807) is 6.07 Å². The highest BCUT2D eigenvalue weighted by atomic mass is 79.9. The third kappa shape index (κ3) is 6.53. The van der Waals surface area contributed by atoms with Gasteiger partial charge in [-0.25, -0.2) is 0 Å². The molecule has 0 saturated heterocycles. The van der Waals surface area contributed by atoms with Crippen LogP contribution in [-0.4, -0.2) is 30.9 Å². The molecule has 9 heteroatoms. The Balaban J connectivity index is 1.78. The maximum Gasteiger partial charge on any atom is 0.325 e. The summed E-state index contributed by atoms with van der Waals surface area (Å²) in [4.78, 5) is 35.6. The zero-order valence-corrected chi connectivity index (χ0v) is 17.2. The van der Waals surface area contributed by atoms with Gasteiger partial charge in [-0.2, -0.15) is 0 Å². The Morgan fingerprint density at radius 3 is 2.52 bits per heavy atom. The van der Waals surface area contributed by atoms with Crippen molar-refractivity contribution in [1.82, 2.24) is 5.32 Å². The molecule has 0 aliphatic carbocycles. The van der Waals surface area contributed by atoms with E-state index in [9.17, 15) is 14.4 Å². The summed E-state index contributed by atoms with van der Waals surface area (Å²) >= 11 is 15.0. The monoisotopic (exact) mass is 472 g/mol. The molecular weight excluding hydrogens is 459 g/mol. The summed E-state index contributed by atoms with van der Waals surface area (Å²) in [5, 5.41) is 5.54. The number of ether oxygens (including phenoxy) is 1. The number of halogens is 3. The van der Waals surface area contributed by atoms with Gasteiger partial charge < -0.3 is 15.4 Å². The molecule has 0 atom stereocenters. The topological polar surface area (TPSA) is 84.5 Å². The Bertz CT molecular complexity index is 890. The molecule has 0 spiro atoms. The number of nitrogens with one attached hydrogen (secondary N) is 2. The van der Waals surface area contributed by atoms with Crippen LogP contribution < -0.4 is 10.6 Å². The molecule has 0 bridgehead atoms. The van der Waals surface area contributed by atoms with Crippen LogP contribution in [0.3, 0.4) is 0 Å². The number of anilines is 1. The lowest BCUT2D eigenvalue weighted by Gasteiger charge is -2.09. The van der Waals surface area contributed by atoms with Crippen LogP contribution in [0.5, 0.6) is 0 Å². The van der Waals surface area contributed by atoms with Gasteiger partial charge in [-0.15, -0.1) is 0 Å². The van der Waals surface area contributed by atoms with Gasteiger partial charge in [0.15, 0.2) is 6.61 Å². The SMILES string of the molecule is Cc1ccc(NC(=O)COC(=O)CNC(=O)c2ccc(Cl)cc2Cl)c(Br)c1. The first kappa shape index (κ1) is 21.2. The lowest BCUT2D eigenvalue weighted by atomic mass is 10.2. The minimum absolute atomic E-state index is 0.163. The fourth-order valence-corrected chi connectivity index (χ4v) is 3.11. The van der Waals surface area contributed by atoms with E-state index in [1.807, 2.05) is 19.1 Å². The second kappa shape index (κ2) is 9.73. The predicted octanol–water partition coefficient (Wildman–Crippen LogP) is 3.98. The molecule has 142 valence electrons. The van der Waals surface area contributed by atoms with Crippen molar-refractivity contribution in [3.05, 3.63) is 62.0 Å². The largest absolute Gasteiger partial charge is 0.454 e. The second-order valence-corrected chi connectivity index (χ2v) is 7.20. The Morgan fingerprint density at radius 1 is 1.11 bits per heavy atom. The summed E-state index contributed by atoms with van der Waals surface area (Å²) in [7, 11) is 0. The maximum atomic E-state index is 12.0. The van der Waals surface area contributed by atoms with Gasteiger partial charge >= 0.3 is 5.97 Å². The fraction of sp³-hybridized carbons (Fsp3) is 0.167. The van der Waals surface area contributed by atoms with E-state index < -0.39 is 30.9 Å². The second-order valence-electron chi connectivity index (χ2n) is 5.50. The van der Waals surface area contributed by atoms with E-state index in [2.05, 4.69) is 26.6 Å². The number of rotatable bonds is 6. The highest BCUT2D eigenvalue weighted by molar-refractivity contribution is 9.10. The molecule has 0 aliphatic heterocycles. The van der Waals surface area contributed by atoms with Crippen LogP contribution in [0.15, 0.2) is 40.9 Å². The molecular formula is C18H15BrCl2N2O4. The number of hydrogen-bond donors (Lipinski definition) is 2. The third-order valence-electron chi connectivity index (χ3n) is 3.33. The predicted molar refractivity (Wildman–Crippen MR) is 107 cm³/mol. The van der Waals surface area contributed by atoms with Crippen LogP contribution in [0, 0.1) is 6.92 Å². The van der Waals surface area contributed by atoms with E-state index in [-0.39, 0.29) is 10.6 Å². The van der Waals surface area contributed by atoms with Crippen LogP contribution in [0.25, 0.3) is 0 Å². The van der Waals surface area contributed by atoms with Crippen molar-refractivity contribution in [3.8, 4) is 0 Å². The van der Waals surface area contributed by atoms with E-state index in [0.717, 1.165) is 5.56 Å². The molecule has 0 fully saturated rings. The minimum Gasteiger partial charge on any atom is -0.454 e. The van der Waals surface area contributed by atoms with Crippen molar-refractivity contribution in [1.29, 1.82) is 0 Å². The van der Waals surface area contributed by atoms with Crippen molar-refractivity contribution >= 4 is 62.6 Å². The third-order valence-corrected chi connectivity index (χ3v) is 4.54. The first-order valence-corrected chi connectivity index (χ1v) is 9.26. The summed E-state index contributed by atoms with van der Waals surface area (Å²) in [5.74, 6) is -1.81. The molecule has 0 aromatic heterocycles. The number of benzene rings is 2. The van der Waals surface area contributed by atoms with E-state index >= 15 is 0 Å². The number of amides is 2. The molecule has 0 unspecified atom stereocenters. The first-order valence-electron chi connectivity index (χ1n) is 7.71. The number of hydrogen-bond acceptors (Lipinski definition) is 4. The van der Waals surface area contributed by atoms with E-state index in [1.165, 1.54) is 18.2 Å². The molecule has 0 heterocycles. The quantitative estimate of drug-likeness (QED) is 0.621. The molecule has 2 amide bonds. The van der Waals surface area contributed by atoms with Gasteiger partial charge in [0.05, 0.1) is 16.3 Å². The lowest BCUT2D eigenvalue weighted by molar-refractivity contribution is -0.146. The van der Waals surface area contributed by atoms with Gasteiger partial charge in [0.25, 0.3) is 11.8 Å². The van der Waals surface area contributed by atoms with Gasteiger partial charge in [-0.1, -0.05) is 29.3 Å². The first-order chi connectivity index (χ1) is 12.8. The molecule has 2 aromatic carbocycles. The maximum absolute atomic E-state index is 12.0. The standard InChI is InChI=1S/C18H15BrCl2N2O4/c1-10-2-5-15(13(19)6-10)23-16(24)9-27-17(25)8-22-18(26)12-4-3-11(20)7-14(12)21/h2-7H,8-9H2,1H3,(H,22,26)(H,23,24). The Hall–Kier alpha value is -2.09. The van der Waals surface area contributed by atoms with Gasteiger partial charge in [0, 0.05) is 9.50 Å². The summed E-state index contributed by atoms with van der Waals surface area (Å²) in [5.41, 5.74) is 1.77. The average Bonchev–Trinajstić information content (AvgIpc) is 2.60. The van der Waals surface area contributed by atoms with Crippen LogP contribution >= 0.6 is 39.1 Å². The zero-order chi connectivity index (χ0) is 20.0. The van der Waals surface area contributed by atoms with Crippen LogP contribution in [0.2, 0.25) is 10.0 Å². The Labute approximate surface area is 174 Å². The summed E-state index contributed by atoms with van der Waals surface area (Å²) < 4.78 is 5.56. The van der Waals surface area contributed by atoms with Crippen LogP contribution in [-0.2, 0) is 14.3 Å². The minimum atomic E-state index is -0.758. The molecule has 27 heavy (non-hydrogen) atoms. The number of aryl methyl sites for hydroxylation is 1. The normalized spacial score (nSPS) is 10.2. The molecule has 6 nitrogen and oxygen atoms in total. The average molecular weight is 474 g/mol. The molecule has 0 aliphatic rings. The van der Waals surface area contributed by atoms with Gasteiger partial charge in [0.2, 0.25) is 0 Å². The Kier molecular flexibility index (Phi) is 7.65. The van der Waals surface area contributed by atoms with Gasteiger partial charge in [-0.3, -0.25) is 14.4 Å². The molecule has 0 radical (unpaired) electrons. The van der Waals surface area contributed by atoms with Gasteiger partial charge in [-0.05, 0) is 58.7 Å². The lowest BCUT2D eigenvalue weighted by Crippen LogP contribution is -2.32. The van der Waals surface area contributed by atoms with Crippen molar-refractivity contribution in [2.24, 2.45) is 0 Å². The van der Waals surface area contributed by atoms with E-state index in [4.69, 9.17) is 27.9 Å². The van der Waals surface area contributed by atoms with Gasteiger partial charge in [0.1, 0.15) is 6.54 Å². The van der Waals surface area contributed by atoms with Crippen molar-refractivity contribution in [2.45, 2.75) is 6.92 Å². The fourth-order valence-electron chi connectivity index (χ4n) is 2.03. The molecule has 2 N–H and O–H groups in total. The molecule has 2 aromatic rings. The van der Waals surface area contributed by atoms with Crippen molar-refractivity contribution in [3.63, 3.8) is 0 Å². The Morgan fingerprint density at radius 2 is 1.85 bits per heavy atom. The summed E-state index contributed by atoms with van der Waals surface area (Å²) in [6, 6.07) is 9.79. The molecule has 2 rings (SSSR count). The summed E-state index contributed by atoms with van der Waals surface area (Å²) in [6.45, 7) is 1.04. The highest BCUT2D eigenvalue weighted by Gasteiger charge is 2.14. The van der Waals surface area contributed by atoms with Crippen molar-refractivity contribution < 1.29 is 19.1 Å².